The van der Waals surface area contributed by atoms with Gasteiger partial charge in [-0.1, -0.05) is 0 Å². The predicted octanol–water partition coefficient (Wildman–Crippen LogP) is -5.02. The molecule has 1 aromatic rings. The number of nitrogens with zero attached hydrogens (tertiary/aromatic N) is 2. The predicted molar refractivity (Wildman–Crippen MR) is 55.1 cm³/mol. The van der Waals surface area contributed by atoms with E-state index in [0.29, 0.717) is 6.61 Å². The number of aromatic nitrogens is 2. The molecular formula is C9H12N3NaO5. The molecule has 2 rings (SSSR count). The zero-order valence-corrected chi connectivity index (χ0v) is 11.7. The number of aliphatic hydroxyl groups is 3. The van der Waals surface area contributed by atoms with Crippen LogP contribution in [-0.2, 0) is 4.74 Å². The van der Waals surface area contributed by atoms with Gasteiger partial charge in [0, 0.05) is 6.20 Å². The molecule has 9 heteroatoms. The fraction of sp³-hybridized carbons (Fsp3) is 0.444. The second-order valence-electron chi connectivity index (χ2n) is 3.66. The van der Waals surface area contributed by atoms with E-state index in [4.69, 9.17) is 15.6 Å². The summed E-state index contributed by atoms with van der Waals surface area (Å²) in [7, 11) is 0. The number of nitrogens with two attached hydrogens (primary N) is 1. The minimum atomic E-state index is -1.34. The van der Waals surface area contributed by atoms with E-state index >= 15 is 0 Å². The maximum atomic E-state index is 11.5. The molecule has 0 aromatic carbocycles. The third kappa shape index (κ3) is 2.75. The van der Waals surface area contributed by atoms with E-state index in [0.717, 1.165) is 4.57 Å². The molecule has 18 heavy (non-hydrogen) atoms. The number of aliphatic hydroxyl groups excluding tert-OH is 3. The van der Waals surface area contributed by atoms with Gasteiger partial charge in [-0.25, -0.2) is 4.79 Å². The van der Waals surface area contributed by atoms with Crippen molar-refractivity contribution in [1.29, 1.82) is 0 Å². The first-order valence-electron chi connectivity index (χ1n) is 4.88. The average Bonchev–Trinajstić information content (AvgIpc) is 2.57. The first-order chi connectivity index (χ1) is 8.04. The van der Waals surface area contributed by atoms with E-state index in [1.54, 1.807) is 0 Å². The van der Waals surface area contributed by atoms with Crippen molar-refractivity contribution in [2.45, 2.75) is 24.5 Å². The van der Waals surface area contributed by atoms with E-state index < -0.39 is 30.2 Å². The standard InChI is InChI=1S/C9H12N3O5.Na/c10-5-1-2-12(9(16)11-5)8-7(15)6(14)4(3-13)17-8;/h1-4,6-8,13-15H,(H2,10,11,16);/q-1;+1/t4-,6-,7-,8-;/m1./s1. The smallest absolute Gasteiger partial charge is 0.563 e. The van der Waals surface area contributed by atoms with Crippen molar-refractivity contribution in [3.8, 4) is 0 Å². The van der Waals surface area contributed by atoms with Crippen LogP contribution in [0.3, 0.4) is 0 Å². The van der Waals surface area contributed by atoms with E-state index in [-0.39, 0.29) is 35.4 Å². The average molecular weight is 265 g/mol. The zero-order valence-electron chi connectivity index (χ0n) is 9.67. The van der Waals surface area contributed by atoms with Crippen molar-refractivity contribution >= 4 is 5.82 Å². The minimum Gasteiger partial charge on any atom is -0.563 e. The first-order valence-corrected chi connectivity index (χ1v) is 4.88. The van der Waals surface area contributed by atoms with Gasteiger partial charge < -0.3 is 25.8 Å². The molecule has 0 aliphatic carbocycles. The Morgan fingerprint density at radius 2 is 2.11 bits per heavy atom. The van der Waals surface area contributed by atoms with Crippen molar-refractivity contribution in [1.82, 2.24) is 9.55 Å². The Balaban J connectivity index is 0.00000162. The third-order valence-corrected chi connectivity index (χ3v) is 2.55. The van der Waals surface area contributed by atoms with Gasteiger partial charge in [-0.2, -0.15) is 11.6 Å². The second kappa shape index (κ2) is 6.11. The van der Waals surface area contributed by atoms with Crippen LogP contribution in [0, 0.1) is 6.61 Å². The monoisotopic (exact) mass is 265 g/mol. The molecule has 0 bridgehead atoms. The van der Waals surface area contributed by atoms with Crippen LogP contribution in [0.1, 0.15) is 6.23 Å². The zero-order chi connectivity index (χ0) is 12.6. The Morgan fingerprint density at radius 3 is 2.61 bits per heavy atom. The number of nitrogen functional groups attached to an aromatic ring is 1. The van der Waals surface area contributed by atoms with Gasteiger partial charge >= 0.3 is 35.2 Å². The first kappa shape index (κ1) is 15.6. The summed E-state index contributed by atoms with van der Waals surface area (Å²) in [6.45, 7) is 0.615. The van der Waals surface area contributed by atoms with E-state index in [9.17, 15) is 15.0 Å². The molecule has 1 saturated heterocycles. The Bertz CT molecular complexity index is 468. The van der Waals surface area contributed by atoms with Gasteiger partial charge in [-0.15, -0.1) is 0 Å². The summed E-state index contributed by atoms with van der Waals surface area (Å²) >= 11 is 0. The van der Waals surface area contributed by atoms with Crippen LogP contribution in [0.15, 0.2) is 17.1 Å². The number of hydrogen-bond donors (Lipinski definition) is 4. The van der Waals surface area contributed by atoms with Crippen molar-refractivity contribution in [3.63, 3.8) is 0 Å². The summed E-state index contributed by atoms with van der Waals surface area (Å²) in [5.74, 6) is 0.0459. The number of rotatable bonds is 2. The van der Waals surface area contributed by atoms with E-state index in [1.807, 2.05) is 0 Å². The van der Waals surface area contributed by atoms with Gasteiger partial charge in [-0.05, 0) is 12.2 Å². The quantitative estimate of drug-likeness (QED) is 0.311. The molecule has 0 amide bonds. The molecule has 5 N–H and O–H groups in total. The van der Waals surface area contributed by atoms with Crippen LogP contribution in [0.2, 0.25) is 0 Å². The fourth-order valence-corrected chi connectivity index (χ4v) is 1.66. The van der Waals surface area contributed by atoms with Crippen molar-refractivity contribution < 1.29 is 49.6 Å². The van der Waals surface area contributed by atoms with Gasteiger partial charge in [0.2, 0.25) is 0 Å². The maximum absolute atomic E-state index is 11.5. The molecule has 1 aliphatic rings. The van der Waals surface area contributed by atoms with Crippen LogP contribution >= 0.6 is 0 Å². The Hall–Kier alpha value is -0.480. The van der Waals surface area contributed by atoms with Crippen molar-refractivity contribution in [3.05, 3.63) is 29.4 Å². The number of anilines is 1. The summed E-state index contributed by atoms with van der Waals surface area (Å²) in [5, 5.41) is 28.0. The van der Waals surface area contributed by atoms with Gasteiger partial charge in [0.15, 0.2) is 6.23 Å². The third-order valence-electron chi connectivity index (χ3n) is 2.55. The van der Waals surface area contributed by atoms with E-state index in [2.05, 4.69) is 4.98 Å². The molecule has 8 nitrogen and oxygen atoms in total. The summed E-state index contributed by atoms with van der Waals surface area (Å²) in [4.78, 5) is 15.0. The summed E-state index contributed by atoms with van der Waals surface area (Å²) in [5.41, 5.74) is 4.61. The maximum Gasteiger partial charge on any atom is 1.00 e. The van der Waals surface area contributed by atoms with Gasteiger partial charge in [0.25, 0.3) is 0 Å². The van der Waals surface area contributed by atoms with Crippen LogP contribution < -0.4 is 41.0 Å². The molecule has 94 valence electrons. The normalized spacial score (nSPS) is 31.1. The molecule has 0 unspecified atom stereocenters. The number of hydrogen-bond acceptors (Lipinski definition) is 7. The van der Waals surface area contributed by atoms with Gasteiger partial charge in [-0.3, -0.25) is 4.57 Å². The molecule has 0 spiro atoms. The SMILES string of the molecule is Nc1ccn([C@@H]2O[C@H]([CH-]O)[C@@H](O)[C@H]2O)c(=O)n1.[Na+]. The molecular weight excluding hydrogens is 253 g/mol. The minimum absolute atomic E-state index is 0. The van der Waals surface area contributed by atoms with Crippen molar-refractivity contribution in [2.75, 3.05) is 5.73 Å². The Labute approximate surface area is 124 Å². The molecule has 0 saturated carbocycles. The summed E-state index contributed by atoms with van der Waals surface area (Å²) in [6.07, 6.45) is -3.52. The molecule has 2 heterocycles. The fourth-order valence-electron chi connectivity index (χ4n) is 1.66. The number of ether oxygens (including phenoxy) is 1. The second-order valence-corrected chi connectivity index (χ2v) is 3.66. The molecule has 4 atom stereocenters. The van der Waals surface area contributed by atoms with Gasteiger partial charge in [0.05, 0.1) is 6.10 Å². The topological polar surface area (TPSA) is 131 Å². The summed E-state index contributed by atoms with van der Waals surface area (Å²) in [6, 6.07) is 1.36. The van der Waals surface area contributed by atoms with Crippen LogP contribution in [0.5, 0.6) is 0 Å². The molecule has 1 aliphatic heterocycles. The molecule has 1 fully saturated rings. The van der Waals surface area contributed by atoms with Crippen LogP contribution in [0.25, 0.3) is 0 Å². The van der Waals surface area contributed by atoms with E-state index in [1.165, 1.54) is 12.3 Å². The molecule has 0 radical (unpaired) electrons. The van der Waals surface area contributed by atoms with Crippen LogP contribution in [-0.4, -0.2) is 43.2 Å². The van der Waals surface area contributed by atoms with Crippen molar-refractivity contribution in [2.24, 2.45) is 0 Å². The van der Waals surface area contributed by atoms with Gasteiger partial charge in [0.1, 0.15) is 11.9 Å². The summed E-state index contributed by atoms with van der Waals surface area (Å²) < 4.78 is 6.11. The Morgan fingerprint density at radius 1 is 1.44 bits per heavy atom. The Kier molecular flexibility index (Phi) is 5.29. The van der Waals surface area contributed by atoms with Crippen LogP contribution in [0.4, 0.5) is 5.82 Å². The molecule has 1 aromatic heterocycles. The largest absolute Gasteiger partial charge is 1.00 e.